The summed E-state index contributed by atoms with van der Waals surface area (Å²) in [5.41, 5.74) is 1.76. The van der Waals surface area contributed by atoms with Crippen LogP contribution in [0.4, 0.5) is 0 Å². The summed E-state index contributed by atoms with van der Waals surface area (Å²) < 4.78 is 13.5. The van der Waals surface area contributed by atoms with Crippen LogP contribution in [0.1, 0.15) is 18.3 Å². The highest BCUT2D eigenvalue weighted by molar-refractivity contribution is 9.10. The Balaban J connectivity index is 2.15. The molecule has 0 aliphatic rings. The number of hydrogen-bond donors (Lipinski definition) is 0. The van der Waals surface area contributed by atoms with Crippen LogP contribution in [0.5, 0.6) is 11.5 Å². The number of halogens is 2. The van der Waals surface area contributed by atoms with Gasteiger partial charge < -0.3 is 9.47 Å². The van der Waals surface area contributed by atoms with Gasteiger partial charge >= 0.3 is 0 Å². The maximum Gasteiger partial charge on any atom is 0.134 e. The van der Waals surface area contributed by atoms with Crippen molar-refractivity contribution in [1.29, 1.82) is 0 Å². The van der Waals surface area contributed by atoms with E-state index >= 15 is 0 Å². The van der Waals surface area contributed by atoms with Gasteiger partial charge in [0.05, 0.1) is 28.0 Å². The Morgan fingerprint density at radius 2 is 2.15 bits per heavy atom. The van der Waals surface area contributed by atoms with E-state index in [2.05, 4.69) is 21.0 Å². The molecule has 1 aromatic carbocycles. The van der Waals surface area contributed by atoms with Gasteiger partial charge in [0.1, 0.15) is 18.1 Å². The predicted octanol–water partition coefficient (Wildman–Crippen LogP) is 3.99. The molecule has 1 heterocycles. The molecule has 1 aromatic heterocycles. The first-order valence-corrected chi connectivity index (χ1v) is 7.40. The summed E-state index contributed by atoms with van der Waals surface area (Å²) in [5, 5.41) is 5.04. The Kier molecular flexibility index (Phi) is 4.94. The zero-order valence-corrected chi connectivity index (χ0v) is 14.0. The molecule has 6 heteroatoms. The molecule has 0 spiro atoms. The molecular formula is C14H16BrClN2O2. The lowest BCUT2D eigenvalue weighted by Gasteiger charge is -2.10. The molecule has 108 valence electrons. The minimum absolute atomic E-state index is 0.368. The van der Waals surface area contributed by atoms with Gasteiger partial charge in [-0.15, -0.1) is 0 Å². The Morgan fingerprint density at radius 3 is 2.70 bits per heavy atom. The van der Waals surface area contributed by atoms with Gasteiger partial charge in [-0.1, -0.05) is 18.5 Å². The summed E-state index contributed by atoms with van der Waals surface area (Å²) in [6.45, 7) is 2.40. The van der Waals surface area contributed by atoms with Crippen LogP contribution in [0.25, 0.3) is 0 Å². The highest BCUT2D eigenvalue weighted by Gasteiger charge is 2.14. The van der Waals surface area contributed by atoms with Crippen LogP contribution in [0.3, 0.4) is 0 Å². The van der Waals surface area contributed by atoms with Crippen molar-refractivity contribution in [3.8, 4) is 11.5 Å². The monoisotopic (exact) mass is 358 g/mol. The van der Waals surface area contributed by atoms with E-state index < -0.39 is 0 Å². The zero-order chi connectivity index (χ0) is 14.7. The second-order valence-corrected chi connectivity index (χ2v) is 5.50. The number of benzene rings is 1. The summed E-state index contributed by atoms with van der Waals surface area (Å²) >= 11 is 9.75. The lowest BCUT2D eigenvalue weighted by Crippen LogP contribution is -2.04. The van der Waals surface area contributed by atoms with E-state index in [0.717, 1.165) is 33.8 Å². The molecule has 0 unspecified atom stereocenters. The highest BCUT2D eigenvalue weighted by atomic mass is 79.9. The second kappa shape index (κ2) is 6.50. The minimum atomic E-state index is 0.368. The van der Waals surface area contributed by atoms with Crippen molar-refractivity contribution in [3.05, 3.63) is 39.1 Å². The van der Waals surface area contributed by atoms with E-state index in [-0.39, 0.29) is 0 Å². The predicted molar refractivity (Wildman–Crippen MR) is 82.6 cm³/mol. The van der Waals surface area contributed by atoms with E-state index in [1.54, 1.807) is 11.8 Å². The van der Waals surface area contributed by atoms with E-state index in [1.807, 2.05) is 32.2 Å². The molecule has 0 radical (unpaired) electrons. The van der Waals surface area contributed by atoms with E-state index in [1.165, 1.54) is 0 Å². The zero-order valence-electron chi connectivity index (χ0n) is 11.6. The van der Waals surface area contributed by atoms with Gasteiger partial charge in [0.15, 0.2) is 0 Å². The van der Waals surface area contributed by atoms with Gasteiger partial charge in [0.25, 0.3) is 0 Å². The second-order valence-electron chi connectivity index (χ2n) is 4.27. The van der Waals surface area contributed by atoms with Crippen molar-refractivity contribution in [2.45, 2.75) is 20.0 Å². The van der Waals surface area contributed by atoms with Crippen LogP contribution >= 0.6 is 27.5 Å². The molecule has 0 saturated heterocycles. The fourth-order valence-electron chi connectivity index (χ4n) is 1.85. The SMILES string of the molecule is CCc1nn(C)c(COc2ccc(OC)cc2Br)c1Cl. The average molecular weight is 360 g/mol. The van der Waals surface area contributed by atoms with Crippen molar-refractivity contribution in [2.75, 3.05) is 7.11 Å². The van der Waals surface area contributed by atoms with Gasteiger partial charge in [-0.25, -0.2) is 0 Å². The molecule has 0 N–H and O–H groups in total. The van der Waals surface area contributed by atoms with Crippen LogP contribution in [-0.2, 0) is 20.1 Å². The molecule has 0 bridgehead atoms. The van der Waals surface area contributed by atoms with Crippen LogP contribution in [0.15, 0.2) is 22.7 Å². The molecule has 0 aliphatic carbocycles. The van der Waals surface area contributed by atoms with Crippen LogP contribution in [-0.4, -0.2) is 16.9 Å². The molecule has 0 aliphatic heterocycles. The fraction of sp³-hybridized carbons (Fsp3) is 0.357. The van der Waals surface area contributed by atoms with Gasteiger partial charge in [0, 0.05) is 7.05 Å². The number of aromatic nitrogens is 2. The lowest BCUT2D eigenvalue weighted by molar-refractivity contribution is 0.292. The maximum absolute atomic E-state index is 6.29. The first kappa shape index (κ1) is 15.2. The Labute approximate surface area is 131 Å². The summed E-state index contributed by atoms with van der Waals surface area (Å²) in [6, 6.07) is 5.56. The van der Waals surface area contributed by atoms with Gasteiger partial charge in [0.2, 0.25) is 0 Å². The standard InChI is InChI=1S/C14H16BrClN2O2/c1-4-11-14(16)12(18(2)17-11)8-20-13-6-5-9(19-3)7-10(13)15/h5-7H,4,8H2,1-3H3. The van der Waals surface area contributed by atoms with Crippen molar-refractivity contribution >= 4 is 27.5 Å². The summed E-state index contributed by atoms with van der Waals surface area (Å²) in [5.74, 6) is 1.51. The van der Waals surface area contributed by atoms with E-state index in [0.29, 0.717) is 11.6 Å². The summed E-state index contributed by atoms with van der Waals surface area (Å²) in [7, 11) is 3.50. The Hall–Kier alpha value is -1.20. The molecule has 0 atom stereocenters. The normalized spacial score (nSPS) is 10.7. The number of hydrogen-bond acceptors (Lipinski definition) is 3. The molecule has 0 saturated carbocycles. The molecule has 0 fully saturated rings. The first-order valence-electron chi connectivity index (χ1n) is 6.23. The number of aryl methyl sites for hydroxylation is 2. The van der Waals surface area contributed by atoms with E-state index in [9.17, 15) is 0 Å². The number of ether oxygens (including phenoxy) is 2. The number of methoxy groups -OCH3 is 1. The third kappa shape index (κ3) is 3.10. The van der Waals surface area contributed by atoms with Crippen molar-refractivity contribution in [1.82, 2.24) is 9.78 Å². The Morgan fingerprint density at radius 1 is 1.40 bits per heavy atom. The molecular weight excluding hydrogens is 344 g/mol. The third-order valence-electron chi connectivity index (χ3n) is 3.01. The Bertz CT molecular complexity index is 613. The van der Waals surface area contributed by atoms with Gasteiger partial charge in [-0.3, -0.25) is 4.68 Å². The largest absolute Gasteiger partial charge is 0.497 e. The number of nitrogens with zero attached hydrogens (tertiary/aromatic N) is 2. The van der Waals surface area contributed by atoms with Crippen molar-refractivity contribution in [3.63, 3.8) is 0 Å². The molecule has 0 amide bonds. The van der Waals surface area contributed by atoms with Crippen molar-refractivity contribution in [2.24, 2.45) is 7.05 Å². The smallest absolute Gasteiger partial charge is 0.134 e. The molecule has 4 nitrogen and oxygen atoms in total. The van der Waals surface area contributed by atoms with Crippen molar-refractivity contribution < 1.29 is 9.47 Å². The first-order chi connectivity index (χ1) is 9.56. The van der Waals surface area contributed by atoms with Crippen LogP contribution in [0.2, 0.25) is 5.02 Å². The molecule has 2 rings (SSSR count). The van der Waals surface area contributed by atoms with E-state index in [4.69, 9.17) is 21.1 Å². The third-order valence-corrected chi connectivity index (χ3v) is 4.06. The molecule has 2 aromatic rings. The van der Waals surface area contributed by atoms with Crippen LogP contribution in [0, 0.1) is 0 Å². The lowest BCUT2D eigenvalue weighted by atomic mass is 10.3. The quantitative estimate of drug-likeness (QED) is 0.810. The summed E-state index contributed by atoms with van der Waals surface area (Å²) in [6.07, 6.45) is 0.804. The van der Waals surface area contributed by atoms with Crippen LogP contribution < -0.4 is 9.47 Å². The topological polar surface area (TPSA) is 36.3 Å². The number of rotatable bonds is 5. The van der Waals surface area contributed by atoms with Gasteiger partial charge in [-0.2, -0.15) is 5.10 Å². The summed E-state index contributed by atoms with van der Waals surface area (Å²) in [4.78, 5) is 0. The highest BCUT2D eigenvalue weighted by Crippen LogP contribution is 2.30. The van der Waals surface area contributed by atoms with Gasteiger partial charge in [-0.05, 0) is 40.5 Å². The molecule has 20 heavy (non-hydrogen) atoms. The minimum Gasteiger partial charge on any atom is -0.497 e. The average Bonchev–Trinajstić information content (AvgIpc) is 2.72. The maximum atomic E-state index is 6.29. The fourth-order valence-corrected chi connectivity index (χ4v) is 2.67.